The maximum atomic E-state index is 12.7. The van der Waals surface area contributed by atoms with Crippen molar-refractivity contribution in [2.45, 2.75) is 31.4 Å². The van der Waals surface area contributed by atoms with Gasteiger partial charge in [-0.2, -0.15) is 0 Å². The minimum Gasteiger partial charge on any atom is -0.493 e. The lowest BCUT2D eigenvalue weighted by Crippen LogP contribution is -2.44. The van der Waals surface area contributed by atoms with Gasteiger partial charge in [-0.05, 0) is 48.1 Å². The van der Waals surface area contributed by atoms with E-state index in [0.717, 1.165) is 49.3 Å². The highest BCUT2D eigenvalue weighted by Gasteiger charge is 2.31. The van der Waals surface area contributed by atoms with Crippen LogP contribution in [0.2, 0.25) is 0 Å². The summed E-state index contributed by atoms with van der Waals surface area (Å²) in [5.41, 5.74) is 3.56. The van der Waals surface area contributed by atoms with Crippen LogP contribution in [0, 0.1) is 0 Å². The van der Waals surface area contributed by atoms with Crippen molar-refractivity contribution in [3.63, 3.8) is 0 Å². The largest absolute Gasteiger partial charge is 0.493 e. The lowest BCUT2D eigenvalue weighted by Gasteiger charge is -2.37. The number of nitrogens with zero attached hydrogens (tertiary/aromatic N) is 1. The number of amides is 1. The fraction of sp³-hybridized carbons (Fsp3) is 0.458. The van der Waals surface area contributed by atoms with Gasteiger partial charge in [0.25, 0.3) is 0 Å². The monoisotopic (exact) mass is 410 g/mol. The topological polar surface area (TPSA) is 60.0 Å². The van der Waals surface area contributed by atoms with Crippen LogP contribution in [-0.4, -0.2) is 57.4 Å². The van der Waals surface area contributed by atoms with E-state index in [9.17, 15) is 4.79 Å². The van der Waals surface area contributed by atoms with Crippen LogP contribution >= 0.6 is 0 Å². The predicted molar refractivity (Wildman–Crippen MR) is 115 cm³/mol. The predicted octanol–water partition coefficient (Wildman–Crippen LogP) is 2.95. The Bertz CT molecular complexity index is 865. The summed E-state index contributed by atoms with van der Waals surface area (Å²) in [5.74, 6) is 1.49. The standard InChI is InChI=1S/C24H30N2O4/c1-28-21-13-18-10-11-26(16-23(27)25-15-19-9-6-12-30-19)24(17-7-4-3-5-8-17)20(18)14-22(21)29-2/h3-5,7-8,13-14,19,24H,6,9-12,15-16H2,1-2H3,(H,25,27)/t19-,24-/m0/s1. The van der Waals surface area contributed by atoms with Gasteiger partial charge in [-0.15, -0.1) is 0 Å². The zero-order valence-corrected chi connectivity index (χ0v) is 17.7. The summed E-state index contributed by atoms with van der Waals surface area (Å²) in [5, 5.41) is 3.06. The number of hydrogen-bond donors (Lipinski definition) is 1. The molecule has 0 aromatic heterocycles. The minimum atomic E-state index is -0.0109. The molecule has 2 aromatic carbocycles. The third kappa shape index (κ3) is 4.45. The van der Waals surface area contributed by atoms with Crippen molar-refractivity contribution in [3.8, 4) is 11.5 Å². The molecule has 1 N–H and O–H groups in total. The summed E-state index contributed by atoms with van der Waals surface area (Å²) in [6.07, 6.45) is 3.10. The van der Waals surface area contributed by atoms with Gasteiger partial charge in [0.2, 0.25) is 5.91 Å². The number of hydrogen-bond acceptors (Lipinski definition) is 5. The van der Waals surface area contributed by atoms with Gasteiger partial charge < -0.3 is 19.5 Å². The number of ether oxygens (including phenoxy) is 3. The average molecular weight is 411 g/mol. The van der Waals surface area contributed by atoms with E-state index in [0.29, 0.717) is 18.8 Å². The molecule has 2 aromatic rings. The van der Waals surface area contributed by atoms with Crippen molar-refractivity contribution in [1.82, 2.24) is 10.2 Å². The zero-order valence-electron chi connectivity index (χ0n) is 17.7. The lowest BCUT2D eigenvalue weighted by molar-refractivity contribution is -0.123. The highest BCUT2D eigenvalue weighted by Crippen LogP contribution is 2.40. The summed E-state index contributed by atoms with van der Waals surface area (Å²) in [7, 11) is 3.31. The summed E-state index contributed by atoms with van der Waals surface area (Å²) in [6, 6.07) is 14.5. The molecule has 1 fully saturated rings. The third-order valence-corrected chi connectivity index (χ3v) is 5.99. The van der Waals surface area contributed by atoms with Crippen LogP contribution in [0.1, 0.15) is 35.6 Å². The molecule has 2 aliphatic heterocycles. The molecule has 2 heterocycles. The second kappa shape index (κ2) is 9.49. The van der Waals surface area contributed by atoms with Crippen LogP contribution in [0.15, 0.2) is 42.5 Å². The Morgan fingerprint density at radius 3 is 2.63 bits per heavy atom. The second-order valence-corrected chi connectivity index (χ2v) is 7.88. The van der Waals surface area contributed by atoms with Gasteiger partial charge in [0.15, 0.2) is 11.5 Å². The number of carbonyl (C=O) groups excluding carboxylic acids is 1. The molecule has 0 spiro atoms. The number of carbonyl (C=O) groups is 1. The first-order valence-electron chi connectivity index (χ1n) is 10.6. The Hall–Kier alpha value is -2.57. The van der Waals surface area contributed by atoms with Crippen molar-refractivity contribution in [2.24, 2.45) is 0 Å². The molecule has 1 saturated heterocycles. The Morgan fingerprint density at radius 2 is 1.93 bits per heavy atom. The number of fused-ring (bicyclic) bond motifs is 1. The van der Waals surface area contributed by atoms with E-state index in [1.807, 2.05) is 18.2 Å². The molecule has 160 valence electrons. The summed E-state index contributed by atoms with van der Waals surface area (Å²) in [6.45, 7) is 2.53. The van der Waals surface area contributed by atoms with Crippen LogP contribution in [-0.2, 0) is 16.0 Å². The number of rotatable bonds is 7. The highest BCUT2D eigenvalue weighted by molar-refractivity contribution is 5.78. The average Bonchev–Trinajstić information content (AvgIpc) is 3.31. The Kier molecular flexibility index (Phi) is 6.55. The van der Waals surface area contributed by atoms with Gasteiger partial charge in [-0.3, -0.25) is 9.69 Å². The second-order valence-electron chi connectivity index (χ2n) is 7.88. The van der Waals surface area contributed by atoms with Crippen LogP contribution in [0.3, 0.4) is 0 Å². The van der Waals surface area contributed by atoms with E-state index in [4.69, 9.17) is 14.2 Å². The smallest absolute Gasteiger partial charge is 0.234 e. The Labute approximate surface area is 178 Å². The van der Waals surface area contributed by atoms with Crippen molar-refractivity contribution in [3.05, 3.63) is 59.2 Å². The highest BCUT2D eigenvalue weighted by atomic mass is 16.5. The lowest BCUT2D eigenvalue weighted by atomic mass is 9.87. The number of nitrogens with one attached hydrogen (secondary N) is 1. The van der Waals surface area contributed by atoms with Crippen molar-refractivity contribution in [2.75, 3.05) is 40.5 Å². The fourth-order valence-corrected chi connectivity index (χ4v) is 4.47. The first-order valence-corrected chi connectivity index (χ1v) is 10.6. The quantitative estimate of drug-likeness (QED) is 0.761. The summed E-state index contributed by atoms with van der Waals surface area (Å²) >= 11 is 0. The summed E-state index contributed by atoms with van der Waals surface area (Å²) < 4.78 is 16.7. The van der Waals surface area contributed by atoms with Crippen LogP contribution in [0.25, 0.3) is 0 Å². The molecule has 30 heavy (non-hydrogen) atoms. The van der Waals surface area contributed by atoms with Crippen LogP contribution < -0.4 is 14.8 Å². The molecule has 1 amide bonds. The molecule has 0 aliphatic carbocycles. The van der Waals surface area contributed by atoms with E-state index < -0.39 is 0 Å². The van der Waals surface area contributed by atoms with E-state index in [1.54, 1.807) is 14.2 Å². The molecule has 0 radical (unpaired) electrons. The van der Waals surface area contributed by atoms with Crippen molar-refractivity contribution in [1.29, 1.82) is 0 Å². The maximum Gasteiger partial charge on any atom is 0.234 e. The number of benzene rings is 2. The Balaban J connectivity index is 1.58. The van der Waals surface area contributed by atoms with Gasteiger partial charge in [-0.25, -0.2) is 0 Å². The van der Waals surface area contributed by atoms with E-state index >= 15 is 0 Å². The minimum absolute atomic E-state index is 0.0109. The molecule has 0 saturated carbocycles. The van der Waals surface area contributed by atoms with Crippen LogP contribution in [0.5, 0.6) is 11.5 Å². The van der Waals surface area contributed by atoms with Crippen molar-refractivity contribution < 1.29 is 19.0 Å². The van der Waals surface area contributed by atoms with Gasteiger partial charge >= 0.3 is 0 Å². The van der Waals surface area contributed by atoms with Crippen molar-refractivity contribution >= 4 is 5.91 Å². The molecule has 2 aliphatic rings. The molecule has 2 atom stereocenters. The molecule has 4 rings (SSSR count). The molecule has 6 heteroatoms. The van der Waals surface area contributed by atoms with Gasteiger partial charge in [0, 0.05) is 19.7 Å². The van der Waals surface area contributed by atoms with Gasteiger partial charge in [0.1, 0.15) is 0 Å². The van der Waals surface area contributed by atoms with E-state index in [-0.39, 0.29) is 18.1 Å². The SMILES string of the molecule is COc1cc2c(cc1OC)[C@H](c1ccccc1)N(CC(=O)NC[C@@H]1CCCO1)CC2. The maximum absolute atomic E-state index is 12.7. The zero-order chi connectivity index (χ0) is 20.9. The molecule has 6 nitrogen and oxygen atoms in total. The molecular weight excluding hydrogens is 380 g/mol. The first-order chi connectivity index (χ1) is 14.7. The van der Waals surface area contributed by atoms with Crippen LogP contribution in [0.4, 0.5) is 0 Å². The fourth-order valence-electron chi connectivity index (χ4n) is 4.47. The normalized spacial score (nSPS) is 21.1. The molecule has 0 bridgehead atoms. The van der Waals surface area contributed by atoms with Gasteiger partial charge in [-0.1, -0.05) is 30.3 Å². The molecule has 0 unspecified atom stereocenters. The van der Waals surface area contributed by atoms with Gasteiger partial charge in [0.05, 0.1) is 32.9 Å². The van der Waals surface area contributed by atoms with E-state index in [1.165, 1.54) is 5.56 Å². The first kappa shape index (κ1) is 20.7. The number of methoxy groups -OCH3 is 2. The summed E-state index contributed by atoms with van der Waals surface area (Å²) in [4.78, 5) is 15.0. The Morgan fingerprint density at radius 1 is 1.17 bits per heavy atom. The molecular formula is C24H30N2O4. The third-order valence-electron chi connectivity index (χ3n) is 5.99. The van der Waals surface area contributed by atoms with E-state index in [2.05, 4.69) is 34.5 Å².